The molecule has 0 aromatic heterocycles. The summed E-state index contributed by atoms with van der Waals surface area (Å²) in [5, 5.41) is 0. The maximum atomic E-state index is 12.5. The van der Waals surface area contributed by atoms with Gasteiger partial charge in [0, 0.05) is 45.4 Å². The molecule has 0 aromatic rings. The fourth-order valence-corrected chi connectivity index (χ4v) is 5.60. The normalized spacial score (nSPS) is 35.4. The molecule has 39 heavy (non-hydrogen) atoms. The third-order valence-electron chi connectivity index (χ3n) is 6.84. The zero-order chi connectivity index (χ0) is 29.0. The Morgan fingerprint density at radius 3 is 1.97 bits per heavy atom. The van der Waals surface area contributed by atoms with Gasteiger partial charge in [-0.2, -0.15) is 0 Å². The first-order chi connectivity index (χ1) is 18.4. The van der Waals surface area contributed by atoms with E-state index in [4.69, 9.17) is 49.5 Å². The van der Waals surface area contributed by atoms with Gasteiger partial charge in [0.05, 0.1) is 24.8 Å². The van der Waals surface area contributed by atoms with E-state index in [0.717, 1.165) is 20.8 Å². The van der Waals surface area contributed by atoms with Gasteiger partial charge in [0.15, 0.2) is 18.3 Å². The van der Waals surface area contributed by atoms with Gasteiger partial charge in [-0.3, -0.25) is 19.2 Å². The zero-order valence-electron chi connectivity index (χ0n) is 22.5. The van der Waals surface area contributed by atoms with E-state index < -0.39 is 84.8 Å². The highest BCUT2D eigenvalue weighted by molar-refractivity contribution is 6.18. The molecule has 0 bridgehead atoms. The van der Waals surface area contributed by atoms with Crippen LogP contribution in [0, 0.1) is 17.8 Å². The summed E-state index contributed by atoms with van der Waals surface area (Å²) in [4.78, 5) is 60.0. The van der Waals surface area contributed by atoms with E-state index in [-0.39, 0.29) is 17.4 Å². The van der Waals surface area contributed by atoms with Crippen molar-refractivity contribution < 1.29 is 61.9 Å². The Balaban J connectivity index is 1.97. The molecule has 218 valence electrons. The van der Waals surface area contributed by atoms with Crippen LogP contribution in [0.5, 0.6) is 0 Å². The van der Waals surface area contributed by atoms with Crippen LogP contribution in [-0.4, -0.2) is 85.9 Å². The van der Waals surface area contributed by atoms with Gasteiger partial charge in [-0.1, -0.05) is 6.92 Å². The zero-order valence-corrected chi connectivity index (χ0v) is 23.2. The first kappa shape index (κ1) is 30.6. The molecule has 0 radical (unpaired) electrons. The summed E-state index contributed by atoms with van der Waals surface area (Å²) < 4.78 is 44.5. The van der Waals surface area contributed by atoms with Gasteiger partial charge < -0.3 is 37.9 Å². The van der Waals surface area contributed by atoms with Crippen LogP contribution in [-0.2, 0) is 61.9 Å². The molecule has 14 heteroatoms. The molecule has 2 heterocycles. The average molecular weight is 577 g/mol. The molecular weight excluding hydrogens is 544 g/mol. The second kappa shape index (κ2) is 13.0. The molecule has 0 amide bonds. The standard InChI is InChI=1S/C25H33ClO13/c1-10-17(34-11(2)27)7-15-16(23(31)32-6)9-33-24(19(10)15)39-25-22(37-14(5)30)21(36-13(4)29)20(35-12(3)28)18(8-26)38-25/h9-10,15,17-22,24-25H,7-8H2,1-6H3/t10-,15+,17-,18+,19+,20+,21-,22+,24-,25-/m0/s1. The fourth-order valence-electron chi connectivity index (χ4n) is 5.36. The summed E-state index contributed by atoms with van der Waals surface area (Å²) in [5.41, 5.74) is 0.247. The smallest absolute Gasteiger partial charge is 0.337 e. The van der Waals surface area contributed by atoms with Crippen LogP contribution in [0.15, 0.2) is 11.8 Å². The van der Waals surface area contributed by atoms with E-state index in [0.29, 0.717) is 6.42 Å². The summed E-state index contributed by atoms with van der Waals surface area (Å²) in [6, 6.07) is 0. The van der Waals surface area contributed by atoms with Crippen molar-refractivity contribution in [1.82, 2.24) is 0 Å². The van der Waals surface area contributed by atoms with Crippen molar-refractivity contribution >= 4 is 41.4 Å². The highest BCUT2D eigenvalue weighted by Gasteiger charge is 2.57. The largest absolute Gasteiger partial charge is 0.472 e. The van der Waals surface area contributed by atoms with Crippen LogP contribution < -0.4 is 0 Å². The maximum absolute atomic E-state index is 12.5. The van der Waals surface area contributed by atoms with Crippen molar-refractivity contribution in [1.29, 1.82) is 0 Å². The number of halogens is 1. The highest BCUT2D eigenvalue weighted by atomic mass is 35.5. The molecule has 0 spiro atoms. The Labute approximate surface area is 230 Å². The molecule has 0 aromatic carbocycles. The Morgan fingerprint density at radius 1 is 0.872 bits per heavy atom. The van der Waals surface area contributed by atoms with Gasteiger partial charge in [-0.25, -0.2) is 4.79 Å². The van der Waals surface area contributed by atoms with Gasteiger partial charge >= 0.3 is 29.8 Å². The Bertz CT molecular complexity index is 996. The molecular formula is C25H33ClO13. The van der Waals surface area contributed by atoms with Crippen LogP contribution in [0.4, 0.5) is 0 Å². The number of esters is 5. The minimum atomic E-state index is -1.40. The lowest BCUT2D eigenvalue weighted by Crippen LogP contribution is -2.63. The highest BCUT2D eigenvalue weighted by Crippen LogP contribution is 2.49. The monoisotopic (exact) mass is 576 g/mol. The van der Waals surface area contributed by atoms with Gasteiger partial charge in [-0.15, -0.1) is 11.6 Å². The number of hydrogen-bond acceptors (Lipinski definition) is 13. The number of ether oxygens (including phenoxy) is 8. The van der Waals surface area contributed by atoms with Crippen LogP contribution in [0.3, 0.4) is 0 Å². The average Bonchev–Trinajstić information content (AvgIpc) is 3.16. The number of carbonyl (C=O) groups excluding carboxylic acids is 5. The number of hydrogen-bond donors (Lipinski definition) is 0. The SMILES string of the molecule is COC(=O)C1=CO[C@@H](O[C@@H]2O[C@H](CCl)[C@@H](OC(C)=O)[C@H](OC(C)=O)[C@H]2OC(C)=O)[C@@H]2[C@@H](C)[C@@H](OC(C)=O)C[C@H]12. The molecule has 13 nitrogen and oxygen atoms in total. The number of carbonyl (C=O) groups is 5. The van der Waals surface area contributed by atoms with E-state index in [1.54, 1.807) is 0 Å². The molecule has 3 aliphatic rings. The second-order valence-corrected chi connectivity index (χ2v) is 9.86. The van der Waals surface area contributed by atoms with Gasteiger partial charge in [0.1, 0.15) is 12.2 Å². The molecule has 1 aliphatic carbocycles. The lowest BCUT2D eigenvalue weighted by Gasteiger charge is -2.45. The lowest BCUT2D eigenvalue weighted by atomic mass is 9.83. The van der Waals surface area contributed by atoms with Crippen molar-refractivity contribution in [3.05, 3.63) is 11.8 Å². The predicted octanol–water partition coefficient (Wildman–Crippen LogP) is 1.38. The molecule has 3 rings (SSSR count). The number of fused-ring (bicyclic) bond motifs is 1. The van der Waals surface area contributed by atoms with Crippen molar-refractivity contribution in [3.63, 3.8) is 0 Å². The first-order valence-corrected chi connectivity index (χ1v) is 12.9. The second-order valence-electron chi connectivity index (χ2n) is 9.55. The Kier molecular flexibility index (Phi) is 10.2. The quantitative estimate of drug-likeness (QED) is 0.232. The summed E-state index contributed by atoms with van der Waals surface area (Å²) >= 11 is 6.11. The lowest BCUT2D eigenvalue weighted by molar-refractivity contribution is -0.339. The van der Waals surface area contributed by atoms with E-state index in [1.165, 1.54) is 20.3 Å². The van der Waals surface area contributed by atoms with Crippen LogP contribution in [0.2, 0.25) is 0 Å². The number of methoxy groups -OCH3 is 1. The summed E-state index contributed by atoms with van der Waals surface area (Å²) in [5.74, 6) is -4.80. The van der Waals surface area contributed by atoms with Crippen molar-refractivity contribution in [2.45, 2.75) is 84.1 Å². The number of alkyl halides is 1. The molecule has 1 saturated heterocycles. The summed E-state index contributed by atoms with van der Waals surface area (Å²) in [6.45, 7) is 6.54. The van der Waals surface area contributed by atoms with Gasteiger partial charge in [0.2, 0.25) is 12.6 Å². The molecule has 0 unspecified atom stereocenters. The molecule has 0 N–H and O–H groups in total. The Hall–Kier alpha value is -2.90. The molecule has 1 saturated carbocycles. The third-order valence-corrected chi connectivity index (χ3v) is 7.15. The minimum absolute atomic E-state index is 0.197. The van der Waals surface area contributed by atoms with Crippen molar-refractivity contribution in [2.75, 3.05) is 13.0 Å². The first-order valence-electron chi connectivity index (χ1n) is 12.4. The van der Waals surface area contributed by atoms with Gasteiger partial charge in [0.25, 0.3) is 0 Å². The third kappa shape index (κ3) is 7.00. The van der Waals surface area contributed by atoms with E-state index in [1.807, 2.05) is 6.92 Å². The van der Waals surface area contributed by atoms with Gasteiger partial charge in [-0.05, 0) is 6.42 Å². The molecule has 10 atom stereocenters. The topological polar surface area (TPSA) is 159 Å². The van der Waals surface area contributed by atoms with Crippen LogP contribution >= 0.6 is 11.6 Å². The van der Waals surface area contributed by atoms with Crippen LogP contribution in [0.1, 0.15) is 41.0 Å². The molecule has 2 aliphatic heterocycles. The van der Waals surface area contributed by atoms with E-state index in [2.05, 4.69) is 0 Å². The minimum Gasteiger partial charge on any atom is -0.472 e. The van der Waals surface area contributed by atoms with Crippen molar-refractivity contribution in [2.24, 2.45) is 17.8 Å². The predicted molar refractivity (Wildman–Crippen MR) is 128 cm³/mol. The van der Waals surface area contributed by atoms with E-state index >= 15 is 0 Å². The Morgan fingerprint density at radius 2 is 1.44 bits per heavy atom. The summed E-state index contributed by atoms with van der Waals surface area (Å²) in [7, 11) is 1.24. The maximum Gasteiger partial charge on any atom is 0.337 e. The fraction of sp³-hybridized carbons (Fsp3) is 0.720. The number of rotatable bonds is 8. The van der Waals surface area contributed by atoms with E-state index in [9.17, 15) is 24.0 Å². The summed E-state index contributed by atoms with van der Waals surface area (Å²) in [6.07, 6.45) is -6.44. The molecule has 2 fully saturated rings. The van der Waals surface area contributed by atoms with Crippen LogP contribution in [0.25, 0.3) is 0 Å². The van der Waals surface area contributed by atoms with Crippen molar-refractivity contribution in [3.8, 4) is 0 Å².